The number of methoxy groups -OCH3 is 1. The number of aromatic nitrogens is 3. The molecule has 8 heteroatoms. The molecule has 0 aliphatic carbocycles. The molecule has 2 rings (SSSR count). The zero-order valence-corrected chi connectivity index (χ0v) is 14.5. The van der Waals surface area contributed by atoms with E-state index in [1.165, 1.54) is 7.11 Å². The van der Waals surface area contributed by atoms with Crippen LogP contribution in [-0.2, 0) is 6.54 Å². The Bertz CT molecular complexity index is 712. The SMILES string of the molecule is COc1nc(CNC(=O)Nc2cc(C)cc(C)c2)nc(N(C)C)n1. The van der Waals surface area contributed by atoms with Crippen molar-refractivity contribution in [3.63, 3.8) is 0 Å². The summed E-state index contributed by atoms with van der Waals surface area (Å²) in [5, 5.41) is 5.52. The highest BCUT2D eigenvalue weighted by Crippen LogP contribution is 2.13. The minimum absolute atomic E-state index is 0.163. The number of amides is 2. The summed E-state index contributed by atoms with van der Waals surface area (Å²) in [6, 6.07) is 5.74. The van der Waals surface area contributed by atoms with Crippen molar-refractivity contribution < 1.29 is 9.53 Å². The fraction of sp³-hybridized carbons (Fsp3) is 0.375. The van der Waals surface area contributed by atoms with Gasteiger partial charge < -0.3 is 20.3 Å². The number of rotatable bonds is 5. The van der Waals surface area contributed by atoms with Gasteiger partial charge in [0.1, 0.15) is 0 Å². The molecule has 0 radical (unpaired) electrons. The van der Waals surface area contributed by atoms with Gasteiger partial charge in [0.15, 0.2) is 5.82 Å². The molecule has 0 bridgehead atoms. The number of hydrogen-bond acceptors (Lipinski definition) is 6. The number of nitrogens with zero attached hydrogens (tertiary/aromatic N) is 4. The number of anilines is 2. The molecule has 0 saturated heterocycles. The van der Waals surface area contributed by atoms with E-state index in [1.54, 1.807) is 4.90 Å². The summed E-state index contributed by atoms with van der Waals surface area (Å²) in [5.41, 5.74) is 2.92. The molecule has 2 N–H and O–H groups in total. The van der Waals surface area contributed by atoms with Crippen molar-refractivity contribution >= 4 is 17.7 Å². The lowest BCUT2D eigenvalue weighted by atomic mass is 10.1. The van der Waals surface area contributed by atoms with Gasteiger partial charge in [-0.2, -0.15) is 15.0 Å². The standard InChI is InChI=1S/C16H22N6O2/c1-10-6-11(2)8-12(7-10)18-15(23)17-9-13-19-14(22(3)4)21-16(20-13)24-5/h6-8H,9H2,1-5H3,(H2,17,18,23). The van der Waals surface area contributed by atoms with E-state index >= 15 is 0 Å². The lowest BCUT2D eigenvalue weighted by Crippen LogP contribution is -2.29. The zero-order valence-electron chi connectivity index (χ0n) is 14.5. The molecule has 0 atom stereocenters. The summed E-state index contributed by atoms with van der Waals surface area (Å²) in [7, 11) is 5.12. The highest BCUT2D eigenvalue weighted by atomic mass is 16.5. The van der Waals surface area contributed by atoms with Crippen LogP contribution in [0.5, 0.6) is 6.01 Å². The number of carbonyl (C=O) groups is 1. The van der Waals surface area contributed by atoms with Crippen molar-refractivity contribution in [2.24, 2.45) is 0 Å². The predicted octanol–water partition coefficient (Wildman–Crippen LogP) is 1.88. The number of benzene rings is 1. The Morgan fingerprint density at radius 2 is 1.79 bits per heavy atom. The van der Waals surface area contributed by atoms with Gasteiger partial charge in [0.25, 0.3) is 0 Å². The average molecular weight is 330 g/mol. The van der Waals surface area contributed by atoms with Crippen molar-refractivity contribution in [3.05, 3.63) is 35.2 Å². The lowest BCUT2D eigenvalue weighted by Gasteiger charge is -2.13. The van der Waals surface area contributed by atoms with Gasteiger partial charge in [-0.1, -0.05) is 6.07 Å². The maximum absolute atomic E-state index is 12.0. The van der Waals surface area contributed by atoms with Gasteiger partial charge >= 0.3 is 12.0 Å². The van der Waals surface area contributed by atoms with E-state index in [1.807, 2.05) is 46.1 Å². The molecule has 0 saturated carbocycles. The molecule has 0 unspecified atom stereocenters. The number of aryl methyl sites for hydroxylation is 2. The first kappa shape index (κ1) is 17.5. The van der Waals surface area contributed by atoms with Crippen LogP contribution in [0.2, 0.25) is 0 Å². The summed E-state index contributed by atoms with van der Waals surface area (Å²) < 4.78 is 5.06. The van der Waals surface area contributed by atoms with Crippen LogP contribution < -0.4 is 20.3 Å². The summed E-state index contributed by atoms with van der Waals surface area (Å²) >= 11 is 0. The first-order valence-electron chi connectivity index (χ1n) is 7.47. The van der Waals surface area contributed by atoms with Crippen LogP contribution in [0.3, 0.4) is 0 Å². The normalized spacial score (nSPS) is 10.2. The van der Waals surface area contributed by atoms with Gasteiger partial charge in [0.2, 0.25) is 5.95 Å². The minimum Gasteiger partial charge on any atom is -0.467 e. The Labute approximate surface area is 141 Å². The van der Waals surface area contributed by atoms with Gasteiger partial charge in [-0.3, -0.25) is 0 Å². The predicted molar refractivity (Wildman–Crippen MR) is 92.5 cm³/mol. The molecular formula is C16H22N6O2. The van der Waals surface area contributed by atoms with Crippen molar-refractivity contribution in [3.8, 4) is 6.01 Å². The molecule has 0 fully saturated rings. The Kier molecular flexibility index (Phi) is 5.51. The van der Waals surface area contributed by atoms with E-state index < -0.39 is 0 Å². The molecule has 128 valence electrons. The van der Waals surface area contributed by atoms with Crippen molar-refractivity contribution in [2.45, 2.75) is 20.4 Å². The van der Waals surface area contributed by atoms with Gasteiger partial charge in [0.05, 0.1) is 13.7 Å². The average Bonchev–Trinajstić information content (AvgIpc) is 2.51. The van der Waals surface area contributed by atoms with E-state index in [4.69, 9.17) is 4.74 Å². The molecule has 24 heavy (non-hydrogen) atoms. The monoisotopic (exact) mass is 330 g/mol. The van der Waals surface area contributed by atoms with Crippen molar-refractivity contribution in [2.75, 3.05) is 31.4 Å². The first-order chi connectivity index (χ1) is 11.4. The van der Waals surface area contributed by atoms with Crippen LogP contribution in [-0.4, -0.2) is 42.2 Å². The van der Waals surface area contributed by atoms with E-state index in [2.05, 4.69) is 25.6 Å². The second-order valence-corrected chi connectivity index (χ2v) is 5.62. The van der Waals surface area contributed by atoms with Gasteiger partial charge in [-0.15, -0.1) is 0 Å². The number of ether oxygens (including phenoxy) is 1. The zero-order chi connectivity index (χ0) is 17.7. The van der Waals surface area contributed by atoms with Crippen LogP contribution in [0.15, 0.2) is 18.2 Å². The third kappa shape index (κ3) is 4.80. The maximum atomic E-state index is 12.0. The third-order valence-corrected chi connectivity index (χ3v) is 3.12. The number of urea groups is 1. The molecule has 1 heterocycles. The molecular weight excluding hydrogens is 308 g/mol. The second-order valence-electron chi connectivity index (χ2n) is 5.62. The van der Waals surface area contributed by atoms with Gasteiger partial charge in [-0.05, 0) is 37.1 Å². The summed E-state index contributed by atoms with van der Waals surface area (Å²) in [5.74, 6) is 0.884. The molecule has 0 aliphatic heterocycles. The minimum atomic E-state index is -0.328. The Balaban J connectivity index is 2.02. The molecule has 2 aromatic rings. The van der Waals surface area contributed by atoms with Crippen LogP contribution in [0.4, 0.5) is 16.4 Å². The van der Waals surface area contributed by atoms with Gasteiger partial charge in [-0.25, -0.2) is 4.79 Å². The largest absolute Gasteiger partial charge is 0.467 e. The molecule has 1 aromatic carbocycles. The summed E-state index contributed by atoms with van der Waals surface area (Å²) in [4.78, 5) is 26.3. The number of hydrogen-bond donors (Lipinski definition) is 2. The smallest absolute Gasteiger partial charge is 0.321 e. The van der Waals surface area contributed by atoms with Crippen LogP contribution in [0.1, 0.15) is 17.0 Å². The summed E-state index contributed by atoms with van der Waals surface area (Å²) in [6.45, 7) is 4.13. The highest BCUT2D eigenvalue weighted by molar-refractivity contribution is 5.89. The van der Waals surface area contributed by atoms with Gasteiger partial charge in [0, 0.05) is 19.8 Å². The van der Waals surface area contributed by atoms with Crippen LogP contribution in [0.25, 0.3) is 0 Å². The van der Waals surface area contributed by atoms with Crippen LogP contribution in [0, 0.1) is 13.8 Å². The fourth-order valence-electron chi connectivity index (χ4n) is 2.14. The Hall–Kier alpha value is -2.90. The lowest BCUT2D eigenvalue weighted by molar-refractivity contribution is 0.251. The van der Waals surface area contributed by atoms with E-state index in [9.17, 15) is 4.79 Å². The highest BCUT2D eigenvalue weighted by Gasteiger charge is 2.10. The Morgan fingerprint density at radius 3 is 2.38 bits per heavy atom. The molecule has 2 amide bonds. The molecule has 8 nitrogen and oxygen atoms in total. The van der Waals surface area contributed by atoms with Crippen molar-refractivity contribution in [1.82, 2.24) is 20.3 Å². The molecule has 1 aromatic heterocycles. The fourth-order valence-corrected chi connectivity index (χ4v) is 2.14. The van der Waals surface area contributed by atoms with E-state index in [0.717, 1.165) is 16.8 Å². The van der Waals surface area contributed by atoms with E-state index in [-0.39, 0.29) is 18.6 Å². The molecule has 0 aliphatic rings. The van der Waals surface area contributed by atoms with Crippen LogP contribution >= 0.6 is 0 Å². The number of nitrogens with one attached hydrogen (secondary N) is 2. The quantitative estimate of drug-likeness (QED) is 0.870. The molecule has 0 spiro atoms. The Morgan fingerprint density at radius 1 is 1.12 bits per heavy atom. The first-order valence-corrected chi connectivity index (χ1v) is 7.47. The maximum Gasteiger partial charge on any atom is 0.321 e. The third-order valence-electron chi connectivity index (χ3n) is 3.12. The second kappa shape index (κ2) is 7.58. The van der Waals surface area contributed by atoms with E-state index in [0.29, 0.717) is 11.8 Å². The summed E-state index contributed by atoms with van der Waals surface area (Å²) in [6.07, 6.45) is 0. The number of carbonyl (C=O) groups excluding carboxylic acids is 1. The van der Waals surface area contributed by atoms with Crippen molar-refractivity contribution in [1.29, 1.82) is 0 Å². The topological polar surface area (TPSA) is 92.3 Å².